The van der Waals surface area contributed by atoms with Crippen molar-refractivity contribution < 1.29 is 14.3 Å². The molecule has 1 N–H and O–H groups in total. The summed E-state index contributed by atoms with van der Waals surface area (Å²) in [6, 6.07) is -0.711. The molecule has 66 valence electrons. The minimum atomic E-state index is -0.387. The Hall–Kier alpha value is -1.10. The zero-order valence-electron chi connectivity index (χ0n) is 6.74. The summed E-state index contributed by atoms with van der Waals surface area (Å²) >= 11 is 0. The Kier molecular flexibility index (Phi) is 1.54. The quantitative estimate of drug-likeness (QED) is 0.548. The topological polar surface area (TPSA) is 58.6 Å². The highest BCUT2D eigenvalue weighted by Crippen LogP contribution is 2.23. The number of ether oxygens (including phenoxy) is 1. The fourth-order valence-corrected chi connectivity index (χ4v) is 1.61. The highest BCUT2D eigenvalue weighted by atomic mass is 16.5. The van der Waals surface area contributed by atoms with Gasteiger partial charge in [-0.2, -0.15) is 0 Å². The van der Waals surface area contributed by atoms with E-state index in [-0.39, 0.29) is 24.2 Å². The lowest BCUT2D eigenvalue weighted by atomic mass is 10.3. The summed E-state index contributed by atoms with van der Waals surface area (Å²) in [4.78, 5) is 23.7. The number of imide groups is 1. The lowest BCUT2D eigenvalue weighted by molar-refractivity contribution is -0.120. The van der Waals surface area contributed by atoms with Gasteiger partial charge in [0.25, 0.3) is 5.91 Å². The van der Waals surface area contributed by atoms with Gasteiger partial charge in [-0.15, -0.1) is 0 Å². The Morgan fingerprint density at radius 2 is 2.42 bits per heavy atom. The van der Waals surface area contributed by atoms with Crippen molar-refractivity contribution in [3.63, 3.8) is 0 Å². The van der Waals surface area contributed by atoms with E-state index in [1.165, 1.54) is 4.90 Å². The molecule has 0 spiro atoms. The van der Waals surface area contributed by atoms with Gasteiger partial charge in [-0.05, 0) is 6.42 Å². The number of carbonyl (C=O) groups excluding carboxylic acids is 2. The molecule has 2 fully saturated rings. The number of rotatable bonds is 1. The second kappa shape index (κ2) is 2.45. The molecule has 2 saturated heterocycles. The van der Waals surface area contributed by atoms with Crippen molar-refractivity contribution >= 4 is 11.9 Å². The molecule has 3 amide bonds. The van der Waals surface area contributed by atoms with Gasteiger partial charge >= 0.3 is 6.03 Å². The van der Waals surface area contributed by atoms with E-state index in [0.29, 0.717) is 6.61 Å². The molecule has 0 aromatic rings. The third-order valence-corrected chi connectivity index (χ3v) is 2.21. The maximum atomic E-state index is 11.1. The molecular formula is C7H10N2O3. The van der Waals surface area contributed by atoms with E-state index in [2.05, 4.69) is 5.32 Å². The predicted octanol–water partition coefficient (Wildman–Crippen LogP) is -0.327. The van der Waals surface area contributed by atoms with E-state index >= 15 is 0 Å². The van der Waals surface area contributed by atoms with Crippen LogP contribution in [0.1, 0.15) is 13.3 Å². The van der Waals surface area contributed by atoms with Gasteiger partial charge in [0.15, 0.2) is 0 Å². The highest BCUT2D eigenvalue weighted by molar-refractivity contribution is 6.04. The maximum Gasteiger partial charge on any atom is 0.326 e. The van der Waals surface area contributed by atoms with Crippen LogP contribution in [0.15, 0.2) is 0 Å². The van der Waals surface area contributed by atoms with Crippen molar-refractivity contribution in [2.75, 3.05) is 6.61 Å². The Labute approximate surface area is 69.7 Å². The number of urea groups is 1. The largest absolute Gasteiger partial charge is 0.356 e. The molecule has 12 heavy (non-hydrogen) atoms. The number of carbonyl (C=O) groups is 2. The molecule has 0 radical (unpaired) electrons. The van der Waals surface area contributed by atoms with Gasteiger partial charge in [0.2, 0.25) is 0 Å². The maximum absolute atomic E-state index is 11.1. The van der Waals surface area contributed by atoms with Gasteiger partial charge in [0.05, 0.1) is 6.61 Å². The first-order valence-electron chi connectivity index (χ1n) is 3.98. The average Bonchev–Trinajstić information content (AvgIpc) is 2.55. The minimum Gasteiger partial charge on any atom is -0.356 e. The molecule has 0 bridgehead atoms. The van der Waals surface area contributed by atoms with Crippen LogP contribution in [0.3, 0.4) is 0 Å². The molecule has 2 atom stereocenters. The molecule has 2 heterocycles. The smallest absolute Gasteiger partial charge is 0.326 e. The van der Waals surface area contributed by atoms with Crippen LogP contribution in [-0.2, 0) is 9.53 Å². The molecular weight excluding hydrogens is 160 g/mol. The predicted molar refractivity (Wildman–Crippen MR) is 39.2 cm³/mol. The van der Waals surface area contributed by atoms with Crippen molar-refractivity contribution in [3.05, 3.63) is 0 Å². The summed E-state index contributed by atoms with van der Waals surface area (Å²) in [6.45, 7) is 2.25. The fraction of sp³-hybridized carbons (Fsp3) is 0.714. The second-order valence-electron chi connectivity index (χ2n) is 2.91. The molecule has 0 aromatic carbocycles. The third kappa shape index (κ3) is 0.828. The van der Waals surface area contributed by atoms with Crippen LogP contribution in [0.2, 0.25) is 0 Å². The van der Waals surface area contributed by atoms with E-state index in [1.807, 2.05) is 6.92 Å². The molecule has 0 saturated carbocycles. The molecule has 2 aliphatic rings. The standard InChI is InChI=1S/C7H10N2O3/c1-2-5-9-4(3-12-5)6(10)8-7(9)11/h4-5H,2-3H2,1H3,(H,8,10,11)/t4-,5?/m1/s1. The van der Waals surface area contributed by atoms with Gasteiger partial charge in [0, 0.05) is 0 Å². The van der Waals surface area contributed by atoms with Crippen molar-refractivity contribution in [1.29, 1.82) is 0 Å². The number of hydrogen-bond acceptors (Lipinski definition) is 3. The van der Waals surface area contributed by atoms with Crippen molar-refractivity contribution in [1.82, 2.24) is 10.2 Å². The lowest BCUT2D eigenvalue weighted by Gasteiger charge is -2.17. The third-order valence-electron chi connectivity index (χ3n) is 2.21. The van der Waals surface area contributed by atoms with Crippen molar-refractivity contribution in [3.8, 4) is 0 Å². The molecule has 0 aliphatic carbocycles. The Morgan fingerprint density at radius 3 is 3.08 bits per heavy atom. The molecule has 2 aliphatic heterocycles. The fourth-order valence-electron chi connectivity index (χ4n) is 1.61. The van der Waals surface area contributed by atoms with Crippen molar-refractivity contribution in [2.45, 2.75) is 25.6 Å². The summed E-state index contributed by atoms with van der Waals surface area (Å²) in [7, 11) is 0. The van der Waals surface area contributed by atoms with Crippen LogP contribution >= 0.6 is 0 Å². The van der Waals surface area contributed by atoms with E-state index in [4.69, 9.17) is 4.74 Å². The second-order valence-corrected chi connectivity index (χ2v) is 2.91. The molecule has 1 unspecified atom stereocenters. The monoisotopic (exact) mass is 170 g/mol. The van der Waals surface area contributed by atoms with Gasteiger partial charge < -0.3 is 4.74 Å². The van der Waals surface area contributed by atoms with E-state index in [9.17, 15) is 9.59 Å². The Balaban J connectivity index is 2.22. The SMILES string of the molecule is CCC1OC[C@@H]2C(=O)NC(=O)N12. The highest BCUT2D eigenvalue weighted by Gasteiger charge is 2.47. The number of nitrogens with one attached hydrogen (secondary N) is 1. The average molecular weight is 170 g/mol. The van der Waals surface area contributed by atoms with Crippen LogP contribution < -0.4 is 5.32 Å². The van der Waals surface area contributed by atoms with Crippen LogP contribution in [0, 0.1) is 0 Å². The number of hydrogen-bond donors (Lipinski definition) is 1. The van der Waals surface area contributed by atoms with Crippen molar-refractivity contribution in [2.24, 2.45) is 0 Å². The minimum absolute atomic E-state index is 0.221. The molecule has 2 rings (SSSR count). The molecule has 5 nitrogen and oxygen atoms in total. The summed E-state index contributed by atoms with van der Waals surface area (Å²) in [5.74, 6) is -0.240. The van der Waals surface area contributed by atoms with Gasteiger partial charge in [0.1, 0.15) is 12.3 Å². The normalized spacial score (nSPS) is 33.9. The summed E-state index contributed by atoms with van der Waals surface area (Å²) < 4.78 is 5.25. The Morgan fingerprint density at radius 1 is 1.67 bits per heavy atom. The van der Waals surface area contributed by atoms with Crippen LogP contribution in [0.4, 0.5) is 4.79 Å². The summed E-state index contributed by atoms with van der Waals surface area (Å²) in [5.41, 5.74) is 0. The number of fused-ring (bicyclic) bond motifs is 1. The van der Waals surface area contributed by atoms with Crippen LogP contribution in [0.5, 0.6) is 0 Å². The van der Waals surface area contributed by atoms with Crippen LogP contribution in [0.25, 0.3) is 0 Å². The molecule has 5 heteroatoms. The van der Waals surface area contributed by atoms with Gasteiger partial charge in [-0.1, -0.05) is 6.92 Å². The summed E-state index contributed by atoms with van der Waals surface area (Å²) in [6.07, 6.45) is 0.499. The van der Waals surface area contributed by atoms with E-state index in [1.54, 1.807) is 0 Å². The number of nitrogens with zero attached hydrogens (tertiary/aromatic N) is 1. The summed E-state index contributed by atoms with van der Waals surface area (Å²) in [5, 5.41) is 2.25. The molecule has 0 aromatic heterocycles. The lowest BCUT2D eigenvalue weighted by Crippen LogP contribution is -2.36. The zero-order valence-corrected chi connectivity index (χ0v) is 6.74. The Bertz CT molecular complexity index is 241. The van der Waals surface area contributed by atoms with E-state index in [0.717, 1.165) is 6.42 Å². The van der Waals surface area contributed by atoms with Gasteiger partial charge in [-0.25, -0.2) is 4.79 Å². The zero-order chi connectivity index (χ0) is 8.72. The van der Waals surface area contributed by atoms with Gasteiger partial charge in [-0.3, -0.25) is 15.0 Å². The van der Waals surface area contributed by atoms with Crippen LogP contribution in [-0.4, -0.2) is 35.7 Å². The first kappa shape index (κ1) is 7.54. The van der Waals surface area contributed by atoms with E-state index < -0.39 is 0 Å². The first-order chi connectivity index (χ1) is 5.74. The first-order valence-corrected chi connectivity index (χ1v) is 3.98. The number of amides is 3.